The largest absolute Gasteiger partial charge is 0.452 e. The van der Waals surface area contributed by atoms with Gasteiger partial charge < -0.3 is 4.74 Å². The molecule has 0 aromatic carbocycles. The molecule has 1 amide bonds. The van der Waals surface area contributed by atoms with Crippen LogP contribution in [0.2, 0.25) is 0 Å². The highest BCUT2D eigenvalue weighted by Crippen LogP contribution is 2.16. The number of amides is 1. The second kappa shape index (κ2) is 3.78. The van der Waals surface area contributed by atoms with Crippen molar-refractivity contribution in [2.45, 2.75) is 0 Å². The van der Waals surface area contributed by atoms with Gasteiger partial charge in [0.15, 0.2) is 0 Å². The molecule has 1 heterocycles. The molecule has 0 saturated carbocycles. The minimum Gasteiger partial charge on any atom is -0.452 e. The zero-order valence-corrected chi connectivity index (χ0v) is 7.76. The summed E-state index contributed by atoms with van der Waals surface area (Å²) in [4.78, 5) is 15.9. The van der Waals surface area contributed by atoms with Crippen LogP contribution in [0.1, 0.15) is 0 Å². The molecule has 1 aliphatic heterocycles. The van der Waals surface area contributed by atoms with E-state index in [9.17, 15) is 4.79 Å². The zero-order chi connectivity index (χ0) is 9.14. The van der Waals surface area contributed by atoms with Crippen LogP contribution in [0.15, 0.2) is 16.2 Å². The molecule has 0 radical (unpaired) electrons. The summed E-state index contributed by atoms with van der Waals surface area (Å²) in [5.74, 6) is 0. The molecular weight excluding hydrogens is 203 g/mol. The molecule has 0 aromatic heterocycles. The van der Waals surface area contributed by atoms with E-state index in [0.29, 0.717) is 0 Å². The summed E-state index contributed by atoms with van der Waals surface area (Å²) in [6.07, 6.45) is 0.827. The number of methoxy groups -OCH3 is 1. The Kier molecular flexibility index (Phi) is 2.94. The molecule has 0 bridgehead atoms. The summed E-state index contributed by atoms with van der Waals surface area (Å²) in [6.45, 7) is 0.0981. The Hall–Kier alpha value is -0.740. The molecule has 12 heavy (non-hydrogen) atoms. The minimum atomic E-state index is -0.552. The van der Waals surface area contributed by atoms with Crippen molar-refractivity contribution >= 4 is 34.5 Å². The monoisotopic (exact) mass is 208 g/mol. The van der Waals surface area contributed by atoms with Gasteiger partial charge in [0.25, 0.3) is 0 Å². The summed E-state index contributed by atoms with van der Waals surface area (Å²) in [7, 11) is 1.27. The lowest BCUT2D eigenvalue weighted by Crippen LogP contribution is -2.31. The third-order valence-corrected chi connectivity index (χ3v) is 1.80. The van der Waals surface area contributed by atoms with Crippen LogP contribution in [0.3, 0.4) is 0 Å². The van der Waals surface area contributed by atoms with Crippen LogP contribution in [0.4, 0.5) is 4.79 Å². The van der Waals surface area contributed by atoms with Crippen molar-refractivity contribution in [2.75, 3.05) is 13.8 Å². The molecule has 0 saturated heterocycles. The highest BCUT2D eigenvalue weighted by atomic mass is 35.5. The number of ether oxygens (including phenoxy) is 1. The molecule has 1 aliphatic rings. The third-order valence-electron chi connectivity index (χ3n) is 1.25. The minimum absolute atomic E-state index is 0.0981. The SMILES string of the molecule is COC(=O)N1CN=C(Cl)C=C1Cl. The Labute approximate surface area is 79.4 Å². The lowest BCUT2D eigenvalue weighted by Gasteiger charge is -2.20. The van der Waals surface area contributed by atoms with E-state index in [1.54, 1.807) is 0 Å². The average molecular weight is 209 g/mol. The van der Waals surface area contributed by atoms with Gasteiger partial charge in [-0.3, -0.25) is 4.99 Å². The number of allylic oxidation sites excluding steroid dienone is 1. The number of halogens is 2. The highest BCUT2D eigenvalue weighted by Gasteiger charge is 2.19. The number of carbonyl (C=O) groups is 1. The van der Waals surface area contributed by atoms with Crippen LogP contribution in [0, 0.1) is 0 Å². The maximum absolute atomic E-state index is 11.0. The molecule has 6 heteroatoms. The molecule has 1 rings (SSSR count). The molecule has 0 atom stereocenters. The maximum Gasteiger partial charge on any atom is 0.416 e. The molecular formula is C6H6Cl2N2O2. The Morgan fingerprint density at radius 2 is 2.42 bits per heavy atom. The van der Waals surface area contributed by atoms with Crippen LogP contribution >= 0.6 is 23.2 Å². The lowest BCUT2D eigenvalue weighted by atomic mass is 10.5. The van der Waals surface area contributed by atoms with Gasteiger partial charge in [-0.1, -0.05) is 23.2 Å². The summed E-state index contributed by atoms with van der Waals surface area (Å²) >= 11 is 11.2. The van der Waals surface area contributed by atoms with Crippen molar-refractivity contribution < 1.29 is 9.53 Å². The van der Waals surface area contributed by atoms with E-state index >= 15 is 0 Å². The van der Waals surface area contributed by atoms with Gasteiger partial charge in [0, 0.05) is 6.08 Å². The second-order valence-corrected chi connectivity index (χ2v) is 2.76. The topological polar surface area (TPSA) is 41.9 Å². The first-order valence-corrected chi connectivity index (χ1v) is 3.83. The quantitative estimate of drug-likeness (QED) is 0.570. The summed E-state index contributed by atoms with van der Waals surface area (Å²) in [5, 5.41) is 0.488. The van der Waals surface area contributed by atoms with Crippen molar-refractivity contribution in [3.05, 3.63) is 11.2 Å². The summed E-state index contributed by atoms with van der Waals surface area (Å²) in [6, 6.07) is 0. The fourth-order valence-electron chi connectivity index (χ4n) is 0.683. The Morgan fingerprint density at radius 3 is 2.92 bits per heavy atom. The van der Waals surface area contributed by atoms with Crippen LogP contribution in [-0.4, -0.2) is 29.9 Å². The van der Waals surface area contributed by atoms with E-state index in [2.05, 4.69) is 9.73 Å². The first kappa shape index (κ1) is 9.35. The van der Waals surface area contributed by atoms with E-state index in [1.165, 1.54) is 13.2 Å². The lowest BCUT2D eigenvalue weighted by molar-refractivity contribution is 0.139. The normalized spacial score (nSPS) is 16.8. The van der Waals surface area contributed by atoms with Gasteiger partial charge in [-0.05, 0) is 0 Å². The molecule has 0 spiro atoms. The first-order valence-electron chi connectivity index (χ1n) is 3.08. The molecule has 0 fully saturated rings. The summed E-state index contributed by atoms with van der Waals surface area (Å²) < 4.78 is 4.44. The van der Waals surface area contributed by atoms with Crippen molar-refractivity contribution in [3.63, 3.8) is 0 Å². The smallest absolute Gasteiger partial charge is 0.416 e. The number of carbonyl (C=O) groups excluding carboxylic acids is 1. The third kappa shape index (κ3) is 1.89. The first-order chi connectivity index (χ1) is 5.65. The van der Waals surface area contributed by atoms with Crippen LogP contribution < -0.4 is 0 Å². The van der Waals surface area contributed by atoms with Gasteiger partial charge in [0.05, 0.1) is 7.11 Å². The van der Waals surface area contributed by atoms with Gasteiger partial charge in [0.2, 0.25) is 0 Å². The zero-order valence-electron chi connectivity index (χ0n) is 6.25. The van der Waals surface area contributed by atoms with Crippen molar-refractivity contribution in [1.82, 2.24) is 4.90 Å². The predicted molar refractivity (Wildman–Crippen MR) is 46.3 cm³/mol. The van der Waals surface area contributed by atoms with Crippen molar-refractivity contribution in [1.29, 1.82) is 0 Å². The number of hydrogen-bond donors (Lipinski definition) is 0. The fourth-order valence-corrected chi connectivity index (χ4v) is 1.12. The Bertz CT molecular complexity index is 262. The van der Waals surface area contributed by atoms with E-state index in [1.807, 2.05) is 0 Å². The van der Waals surface area contributed by atoms with Crippen LogP contribution in [-0.2, 0) is 4.74 Å². The van der Waals surface area contributed by atoms with Crippen LogP contribution in [0.5, 0.6) is 0 Å². The van der Waals surface area contributed by atoms with Gasteiger partial charge in [-0.2, -0.15) is 0 Å². The van der Waals surface area contributed by atoms with E-state index in [4.69, 9.17) is 23.2 Å². The number of rotatable bonds is 0. The van der Waals surface area contributed by atoms with E-state index in [-0.39, 0.29) is 17.0 Å². The highest BCUT2D eigenvalue weighted by molar-refractivity contribution is 6.69. The van der Waals surface area contributed by atoms with Crippen molar-refractivity contribution in [2.24, 2.45) is 4.99 Å². The molecule has 0 aromatic rings. The molecule has 4 nitrogen and oxygen atoms in total. The number of aliphatic imine (C=N–C) groups is 1. The molecule has 0 N–H and O–H groups in total. The number of nitrogens with zero attached hydrogens (tertiary/aromatic N) is 2. The Balaban J connectivity index is 2.74. The summed E-state index contributed by atoms with van der Waals surface area (Å²) in [5.41, 5.74) is 0. The van der Waals surface area contributed by atoms with E-state index < -0.39 is 6.09 Å². The fraction of sp³-hybridized carbons (Fsp3) is 0.333. The number of hydrogen-bond acceptors (Lipinski definition) is 3. The second-order valence-electron chi connectivity index (χ2n) is 1.99. The van der Waals surface area contributed by atoms with Crippen molar-refractivity contribution in [3.8, 4) is 0 Å². The van der Waals surface area contributed by atoms with E-state index in [0.717, 1.165) is 4.90 Å². The maximum atomic E-state index is 11.0. The Morgan fingerprint density at radius 1 is 1.75 bits per heavy atom. The van der Waals surface area contributed by atoms with Gasteiger partial charge in [-0.25, -0.2) is 9.69 Å². The van der Waals surface area contributed by atoms with Gasteiger partial charge in [-0.15, -0.1) is 0 Å². The predicted octanol–water partition coefficient (Wildman–Crippen LogP) is 1.74. The molecule has 0 unspecified atom stereocenters. The molecule has 66 valence electrons. The van der Waals surface area contributed by atoms with Gasteiger partial charge >= 0.3 is 6.09 Å². The van der Waals surface area contributed by atoms with Gasteiger partial charge in [0.1, 0.15) is 17.0 Å². The average Bonchev–Trinajstić information content (AvgIpc) is 2.03. The standard InChI is InChI=1S/C6H6Cl2N2O2/c1-12-6(11)10-3-9-4(7)2-5(10)8/h2H,3H2,1H3. The van der Waals surface area contributed by atoms with Crippen LogP contribution in [0.25, 0.3) is 0 Å². The molecule has 0 aliphatic carbocycles.